The Hall–Kier alpha value is -5.56. The molecule has 0 atom stereocenters. The van der Waals surface area contributed by atoms with E-state index in [2.05, 4.69) is 20.3 Å². The first kappa shape index (κ1) is 36.2. The molecule has 0 unspecified atom stereocenters. The third-order valence-corrected chi connectivity index (χ3v) is 9.04. The van der Waals surface area contributed by atoms with E-state index in [4.69, 9.17) is 4.74 Å². The lowest BCUT2D eigenvalue weighted by Crippen LogP contribution is -2.50. The first-order valence-electron chi connectivity index (χ1n) is 17.2. The molecular weight excluding hydrogens is 665 g/mol. The van der Waals surface area contributed by atoms with Crippen LogP contribution in [0.15, 0.2) is 76.7 Å². The molecule has 4 heterocycles. The second-order valence-corrected chi connectivity index (χ2v) is 15.0. The molecule has 52 heavy (non-hydrogen) atoms. The van der Waals surface area contributed by atoms with Gasteiger partial charge in [0.15, 0.2) is 0 Å². The highest BCUT2D eigenvalue weighted by Crippen LogP contribution is 2.31. The Morgan fingerprint density at radius 1 is 0.962 bits per heavy atom. The van der Waals surface area contributed by atoms with Gasteiger partial charge in [0.25, 0.3) is 11.1 Å². The number of halogens is 1. The molecule has 6 rings (SSSR count). The first-order valence-corrected chi connectivity index (χ1v) is 17.2. The van der Waals surface area contributed by atoms with E-state index in [9.17, 15) is 19.5 Å². The van der Waals surface area contributed by atoms with E-state index in [1.807, 2.05) is 47.6 Å². The average molecular weight is 710 g/mol. The molecule has 0 bridgehead atoms. The van der Waals surface area contributed by atoms with E-state index in [0.717, 1.165) is 15.9 Å². The largest absolute Gasteiger partial charge is 0.444 e. The van der Waals surface area contributed by atoms with Crippen LogP contribution in [0.1, 0.15) is 52.7 Å². The van der Waals surface area contributed by atoms with Crippen LogP contribution < -0.4 is 21.3 Å². The van der Waals surface area contributed by atoms with Crippen LogP contribution in [0.5, 0.6) is 0 Å². The van der Waals surface area contributed by atoms with Gasteiger partial charge in [0.2, 0.25) is 0 Å². The molecule has 12 nitrogen and oxygen atoms in total. The lowest BCUT2D eigenvalue weighted by Gasteiger charge is -2.36. The van der Waals surface area contributed by atoms with Gasteiger partial charge in [-0.25, -0.2) is 14.2 Å². The number of ether oxygens (including phenoxy) is 1. The van der Waals surface area contributed by atoms with Crippen LogP contribution in [0.2, 0.25) is 0 Å². The molecule has 13 heteroatoms. The number of aryl methyl sites for hydroxylation is 1. The summed E-state index contributed by atoms with van der Waals surface area (Å²) in [5.41, 5.74) is 1.86. The van der Waals surface area contributed by atoms with Gasteiger partial charge in [0, 0.05) is 55.9 Å². The highest BCUT2D eigenvalue weighted by molar-refractivity contribution is 5.83. The predicted octanol–water partition coefficient (Wildman–Crippen LogP) is 5.88. The van der Waals surface area contributed by atoms with Crippen molar-refractivity contribution in [2.75, 3.05) is 36.4 Å². The minimum Gasteiger partial charge on any atom is -0.444 e. The Balaban J connectivity index is 1.26. The number of benzene rings is 2. The number of hydrogen-bond donors (Lipinski definition) is 2. The predicted molar refractivity (Wildman–Crippen MR) is 200 cm³/mol. The van der Waals surface area contributed by atoms with Crippen LogP contribution in [-0.4, -0.2) is 67.2 Å². The Kier molecular flexibility index (Phi) is 9.67. The average Bonchev–Trinajstić information content (AvgIpc) is 3.09. The van der Waals surface area contributed by atoms with Crippen molar-refractivity contribution in [2.24, 2.45) is 7.05 Å². The van der Waals surface area contributed by atoms with E-state index in [-0.39, 0.29) is 28.1 Å². The monoisotopic (exact) mass is 709 g/mol. The second kappa shape index (κ2) is 13.9. The van der Waals surface area contributed by atoms with E-state index < -0.39 is 23.6 Å². The van der Waals surface area contributed by atoms with E-state index in [1.54, 1.807) is 60.7 Å². The van der Waals surface area contributed by atoms with Crippen LogP contribution >= 0.6 is 0 Å². The molecule has 0 aliphatic carbocycles. The summed E-state index contributed by atoms with van der Waals surface area (Å²) in [7, 11) is 1.62. The topological polar surface area (TPSA) is 135 Å². The minimum atomic E-state index is -0.649. The zero-order chi connectivity index (χ0) is 37.5. The summed E-state index contributed by atoms with van der Waals surface area (Å²) >= 11 is 0. The van der Waals surface area contributed by atoms with Gasteiger partial charge in [-0.15, -0.1) is 0 Å². The first-order chi connectivity index (χ1) is 24.5. The molecule has 2 N–H and O–H groups in total. The number of nitrogens with zero attached hydrogens (tertiary/aromatic N) is 6. The number of anilines is 3. The number of aromatic nitrogens is 4. The highest BCUT2D eigenvalue weighted by atomic mass is 19.1. The van der Waals surface area contributed by atoms with Crippen molar-refractivity contribution in [1.29, 1.82) is 0 Å². The summed E-state index contributed by atoms with van der Waals surface area (Å²) in [4.78, 5) is 47.8. The molecule has 0 saturated carbocycles. The maximum absolute atomic E-state index is 15.4. The number of piperazine rings is 1. The maximum Gasteiger partial charge on any atom is 0.410 e. The number of carbonyl (C=O) groups excluding carboxylic acids is 1. The standard InChI is InChI=1S/C39H44FN7O5/c1-38(2,3)26-17-24-20-42-47(36(50)34(24)30(40)19-26)32-10-8-9-28(29(32)23-48)25-18-31(35(49)44(7)22-25)43-33-12-11-27(21-41-33)45-13-15-46(16-14-45)37(51)52-39(4,5)6/h8-12,17-22,48H,13-16,23H2,1-7H3,(H,41,43). The minimum absolute atomic E-state index is 0.0903. The van der Waals surface area contributed by atoms with Gasteiger partial charge in [0.1, 0.15) is 22.9 Å². The Labute approximate surface area is 301 Å². The quantitative estimate of drug-likeness (QED) is 0.222. The summed E-state index contributed by atoms with van der Waals surface area (Å²) in [6, 6.07) is 13.6. The van der Waals surface area contributed by atoms with Gasteiger partial charge in [-0.1, -0.05) is 32.9 Å². The lowest BCUT2D eigenvalue weighted by molar-refractivity contribution is 0.0240. The molecule has 0 spiro atoms. The Morgan fingerprint density at radius 2 is 1.69 bits per heavy atom. The molecule has 1 amide bonds. The number of nitrogens with one attached hydrogen (secondary N) is 1. The lowest BCUT2D eigenvalue weighted by atomic mass is 9.86. The molecule has 0 radical (unpaired) electrons. The summed E-state index contributed by atoms with van der Waals surface area (Å²) in [5, 5.41) is 18.4. The normalized spacial score (nSPS) is 13.8. The number of aliphatic hydroxyl groups excluding tert-OH is 1. The fraction of sp³-hybridized carbons (Fsp3) is 0.359. The smallest absolute Gasteiger partial charge is 0.410 e. The third-order valence-electron chi connectivity index (χ3n) is 9.04. The van der Waals surface area contributed by atoms with Crippen molar-refractivity contribution in [3.8, 4) is 16.8 Å². The van der Waals surface area contributed by atoms with Gasteiger partial charge in [-0.3, -0.25) is 9.59 Å². The van der Waals surface area contributed by atoms with E-state index in [1.165, 1.54) is 16.8 Å². The fourth-order valence-electron chi connectivity index (χ4n) is 6.26. The molecule has 272 valence electrons. The van der Waals surface area contributed by atoms with Crippen molar-refractivity contribution < 1.29 is 19.0 Å². The molecule has 1 aliphatic rings. The van der Waals surface area contributed by atoms with Crippen molar-refractivity contribution in [3.05, 3.63) is 105 Å². The van der Waals surface area contributed by atoms with Crippen molar-refractivity contribution in [3.63, 3.8) is 0 Å². The summed E-state index contributed by atoms with van der Waals surface area (Å²) in [6.45, 7) is 13.3. The van der Waals surface area contributed by atoms with Crippen molar-refractivity contribution >= 4 is 34.1 Å². The summed E-state index contributed by atoms with van der Waals surface area (Å²) in [5.74, 6) is -0.188. The van der Waals surface area contributed by atoms with E-state index >= 15 is 4.39 Å². The number of carbonyl (C=O) groups is 1. The molecule has 1 saturated heterocycles. The van der Waals surface area contributed by atoms with E-state index in [0.29, 0.717) is 59.8 Å². The van der Waals surface area contributed by atoms with Gasteiger partial charge >= 0.3 is 6.09 Å². The van der Waals surface area contributed by atoms with Gasteiger partial charge in [-0.2, -0.15) is 9.78 Å². The Bertz CT molecular complexity index is 2260. The number of fused-ring (bicyclic) bond motifs is 1. The van der Waals surface area contributed by atoms with Gasteiger partial charge in [0.05, 0.1) is 35.8 Å². The van der Waals surface area contributed by atoms with Crippen LogP contribution in [-0.2, 0) is 23.8 Å². The van der Waals surface area contributed by atoms with Crippen LogP contribution in [0, 0.1) is 5.82 Å². The summed E-state index contributed by atoms with van der Waals surface area (Å²) in [6.07, 6.45) is 4.49. The van der Waals surface area contributed by atoms with Crippen LogP contribution in [0.4, 0.5) is 26.4 Å². The molecule has 5 aromatic rings. The third kappa shape index (κ3) is 7.40. The number of rotatable bonds is 6. The Morgan fingerprint density at radius 3 is 2.33 bits per heavy atom. The van der Waals surface area contributed by atoms with Crippen molar-refractivity contribution in [2.45, 2.75) is 59.2 Å². The SMILES string of the molecule is Cn1cc(-c2cccc(-n3ncc4cc(C(C)(C)C)cc(F)c4c3=O)c2CO)cc(Nc2ccc(N3CCN(C(=O)OC(C)(C)C)CC3)cn2)c1=O. The molecule has 2 aromatic carbocycles. The molecular formula is C39H44FN7O5. The number of amides is 1. The fourth-order valence-corrected chi connectivity index (χ4v) is 6.26. The second-order valence-electron chi connectivity index (χ2n) is 15.0. The number of aliphatic hydroxyl groups is 1. The molecule has 1 aliphatic heterocycles. The molecule has 1 fully saturated rings. The van der Waals surface area contributed by atoms with Gasteiger partial charge < -0.3 is 29.5 Å². The highest BCUT2D eigenvalue weighted by Gasteiger charge is 2.26. The molecule has 3 aromatic heterocycles. The number of pyridine rings is 2. The van der Waals surface area contributed by atoms with Crippen LogP contribution in [0.3, 0.4) is 0 Å². The van der Waals surface area contributed by atoms with Gasteiger partial charge in [-0.05, 0) is 73.7 Å². The number of hydrogen-bond acceptors (Lipinski definition) is 9. The summed E-state index contributed by atoms with van der Waals surface area (Å²) < 4.78 is 23.4. The van der Waals surface area contributed by atoms with Crippen molar-refractivity contribution in [1.82, 2.24) is 24.2 Å². The zero-order valence-corrected chi connectivity index (χ0v) is 30.5. The maximum atomic E-state index is 15.4. The van der Waals surface area contributed by atoms with Crippen LogP contribution in [0.25, 0.3) is 27.6 Å². The zero-order valence-electron chi connectivity index (χ0n) is 30.5.